The van der Waals surface area contributed by atoms with Gasteiger partial charge in [-0.05, 0) is 50.2 Å². The highest BCUT2D eigenvalue weighted by Crippen LogP contribution is 2.30. The molecule has 0 aromatic heterocycles. The lowest BCUT2D eigenvalue weighted by Gasteiger charge is -2.55. The van der Waals surface area contributed by atoms with Gasteiger partial charge in [-0.1, -0.05) is 23.7 Å². The Balaban J connectivity index is 1.53. The standard InChI is InChI=1S/C23H25ClFN3O2/c1-23(2)15-27(21(29)16-7-9-17(24)10-8-16)14-18-13-26(11-12-28(18)23)22(30)19-5-3-4-6-20(19)25/h3-10,18H,11-15H2,1-2H3/t18-/m0/s1. The number of rotatable bonds is 2. The fourth-order valence-corrected chi connectivity index (χ4v) is 4.73. The minimum Gasteiger partial charge on any atom is -0.336 e. The number of fused-ring (bicyclic) bond motifs is 1. The maximum absolute atomic E-state index is 14.1. The van der Waals surface area contributed by atoms with Crippen molar-refractivity contribution >= 4 is 23.4 Å². The average Bonchev–Trinajstić information content (AvgIpc) is 2.72. The summed E-state index contributed by atoms with van der Waals surface area (Å²) in [7, 11) is 0. The molecule has 0 radical (unpaired) electrons. The summed E-state index contributed by atoms with van der Waals surface area (Å²) in [5, 5.41) is 0.589. The maximum Gasteiger partial charge on any atom is 0.256 e. The first-order valence-corrected chi connectivity index (χ1v) is 10.5. The van der Waals surface area contributed by atoms with Crippen LogP contribution in [0, 0.1) is 5.82 Å². The van der Waals surface area contributed by atoms with Gasteiger partial charge in [-0.2, -0.15) is 0 Å². The Hall–Kier alpha value is -2.44. The molecule has 2 aliphatic rings. The van der Waals surface area contributed by atoms with Gasteiger partial charge in [0.1, 0.15) is 5.82 Å². The smallest absolute Gasteiger partial charge is 0.256 e. The highest BCUT2D eigenvalue weighted by molar-refractivity contribution is 6.30. The molecule has 2 aromatic carbocycles. The second-order valence-electron chi connectivity index (χ2n) is 8.58. The molecule has 2 fully saturated rings. The van der Waals surface area contributed by atoms with E-state index in [1.165, 1.54) is 12.1 Å². The molecule has 2 heterocycles. The zero-order valence-corrected chi connectivity index (χ0v) is 17.9. The van der Waals surface area contributed by atoms with E-state index in [1.807, 2.05) is 4.90 Å². The van der Waals surface area contributed by atoms with E-state index >= 15 is 0 Å². The average molecular weight is 430 g/mol. The summed E-state index contributed by atoms with van der Waals surface area (Å²) in [6.07, 6.45) is 0. The number of hydrogen-bond donors (Lipinski definition) is 0. The molecule has 0 spiro atoms. The van der Waals surface area contributed by atoms with Gasteiger partial charge in [-0.15, -0.1) is 0 Å². The van der Waals surface area contributed by atoms with E-state index in [1.54, 1.807) is 41.3 Å². The maximum atomic E-state index is 14.1. The van der Waals surface area contributed by atoms with Gasteiger partial charge in [0.05, 0.1) is 5.56 Å². The summed E-state index contributed by atoms with van der Waals surface area (Å²) >= 11 is 5.95. The summed E-state index contributed by atoms with van der Waals surface area (Å²) < 4.78 is 14.1. The van der Waals surface area contributed by atoms with Crippen LogP contribution in [-0.4, -0.2) is 70.8 Å². The normalized spacial score (nSPS) is 21.3. The lowest BCUT2D eigenvalue weighted by Crippen LogP contribution is -2.70. The van der Waals surface area contributed by atoms with E-state index in [2.05, 4.69) is 18.7 Å². The zero-order chi connectivity index (χ0) is 21.5. The molecule has 4 rings (SSSR count). The fraction of sp³-hybridized carbons (Fsp3) is 0.391. The van der Waals surface area contributed by atoms with E-state index < -0.39 is 5.82 Å². The predicted octanol–water partition coefficient (Wildman–Crippen LogP) is 3.54. The summed E-state index contributed by atoms with van der Waals surface area (Å²) in [6, 6.07) is 13.0. The zero-order valence-electron chi connectivity index (χ0n) is 17.1. The van der Waals surface area contributed by atoms with Gasteiger partial charge < -0.3 is 9.80 Å². The van der Waals surface area contributed by atoms with Crippen molar-refractivity contribution in [3.05, 3.63) is 70.5 Å². The molecule has 0 saturated carbocycles. The number of benzene rings is 2. The molecule has 2 amide bonds. The summed E-state index contributed by atoms with van der Waals surface area (Å²) in [4.78, 5) is 31.9. The molecule has 1 atom stereocenters. The number of halogens is 2. The molecule has 0 bridgehead atoms. The third-order valence-corrected chi connectivity index (χ3v) is 6.29. The lowest BCUT2D eigenvalue weighted by molar-refractivity contribution is -0.0507. The van der Waals surface area contributed by atoms with Crippen molar-refractivity contribution in [3.63, 3.8) is 0 Å². The minimum atomic E-state index is -0.506. The van der Waals surface area contributed by atoms with Crippen molar-refractivity contribution in [2.24, 2.45) is 0 Å². The monoisotopic (exact) mass is 429 g/mol. The summed E-state index contributed by atoms with van der Waals surface area (Å²) in [5.74, 6) is -0.850. The van der Waals surface area contributed by atoms with E-state index in [0.717, 1.165) is 0 Å². The molecule has 0 N–H and O–H groups in total. The van der Waals surface area contributed by atoms with Crippen LogP contribution < -0.4 is 0 Å². The van der Waals surface area contributed by atoms with Crippen molar-refractivity contribution in [3.8, 4) is 0 Å². The van der Waals surface area contributed by atoms with Crippen LogP contribution in [0.15, 0.2) is 48.5 Å². The Morgan fingerprint density at radius 1 is 0.967 bits per heavy atom. The van der Waals surface area contributed by atoms with Gasteiger partial charge >= 0.3 is 0 Å². The minimum absolute atomic E-state index is 0.00512. The lowest BCUT2D eigenvalue weighted by atomic mass is 9.92. The number of amides is 2. The quantitative estimate of drug-likeness (QED) is 0.733. The van der Waals surface area contributed by atoms with Crippen LogP contribution in [0.1, 0.15) is 34.6 Å². The van der Waals surface area contributed by atoms with E-state index in [9.17, 15) is 14.0 Å². The highest BCUT2D eigenvalue weighted by Gasteiger charge is 2.44. The van der Waals surface area contributed by atoms with Gasteiger partial charge in [-0.25, -0.2) is 4.39 Å². The van der Waals surface area contributed by atoms with Gasteiger partial charge in [-0.3, -0.25) is 14.5 Å². The Morgan fingerprint density at radius 3 is 2.33 bits per heavy atom. The summed E-state index contributed by atoms with van der Waals surface area (Å²) in [5.41, 5.74) is 0.465. The Kier molecular flexibility index (Phi) is 5.55. The third-order valence-electron chi connectivity index (χ3n) is 6.04. The van der Waals surface area contributed by atoms with Crippen LogP contribution in [0.5, 0.6) is 0 Å². The number of carbonyl (C=O) groups is 2. The van der Waals surface area contributed by atoms with Crippen LogP contribution in [0.4, 0.5) is 4.39 Å². The summed E-state index contributed by atoms with van der Waals surface area (Å²) in [6.45, 7) is 7.06. The van der Waals surface area contributed by atoms with Gasteiger partial charge in [0.15, 0.2) is 0 Å². The topological polar surface area (TPSA) is 43.9 Å². The van der Waals surface area contributed by atoms with Crippen LogP contribution in [0.3, 0.4) is 0 Å². The van der Waals surface area contributed by atoms with Crippen LogP contribution >= 0.6 is 11.6 Å². The van der Waals surface area contributed by atoms with Crippen molar-refractivity contribution < 1.29 is 14.0 Å². The first-order chi connectivity index (χ1) is 14.3. The Morgan fingerprint density at radius 2 is 1.63 bits per heavy atom. The Labute approximate surface area is 181 Å². The van der Waals surface area contributed by atoms with Gasteiger partial charge in [0.2, 0.25) is 0 Å². The first-order valence-electron chi connectivity index (χ1n) is 10.1. The van der Waals surface area contributed by atoms with Crippen LogP contribution in [0.2, 0.25) is 5.02 Å². The molecule has 7 heteroatoms. The number of nitrogens with zero attached hydrogens (tertiary/aromatic N) is 3. The molecule has 2 aromatic rings. The second-order valence-corrected chi connectivity index (χ2v) is 9.02. The molecule has 0 aliphatic carbocycles. The Bertz CT molecular complexity index is 963. The second kappa shape index (κ2) is 8.00. The van der Waals surface area contributed by atoms with E-state index in [-0.39, 0.29) is 29.0 Å². The van der Waals surface area contributed by atoms with Crippen molar-refractivity contribution in [1.29, 1.82) is 0 Å². The molecule has 5 nitrogen and oxygen atoms in total. The molecule has 2 saturated heterocycles. The van der Waals surface area contributed by atoms with Crippen LogP contribution in [-0.2, 0) is 0 Å². The molecule has 30 heavy (non-hydrogen) atoms. The molecule has 0 unspecified atom stereocenters. The van der Waals surface area contributed by atoms with Crippen molar-refractivity contribution in [1.82, 2.24) is 14.7 Å². The fourth-order valence-electron chi connectivity index (χ4n) is 4.60. The molecule has 158 valence electrons. The molecule has 2 aliphatic heterocycles. The largest absolute Gasteiger partial charge is 0.336 e. The van der Waals surface area contributed by atoms with Gasteiger partial charge in [0.25, 0.3) is 11.8 Å². The number of carbonyl (C=O) groups excluding carboxylic acids is 2. The van der Waals surface area contributed by atoms with Crippen molar-refractivity contribution in [2.75, 3.05) is 32.7 Å². The highest BCUT2D eigenvalue weighted by atomic mass is 35.5. The van der Waals surface area contributed by atoms with E-state index in [4.69, 9.17) is 11.6 Å². The number of hydrogen-bond acceptors (Lipinski definition) is 3. The van der Waals surface area contributed by atoms with Crippen molar-refractivity contribution in [2.45, 2.75) is 25.4 Å². The van der Waals surface area contributed by atoms with E-state index in [0.29, 0.717) is 43.3 Å². The molecular formula is C23H25ClFN3O2. The molecular weight excluding hydrogens is 405 g/mol. The first kappa shape index (κ1) is 20.8. The third kappa shape index (κ3) is 3.94. The SMILES string of the molecule is CC1(C)CN(C(=O)c2ccc(Cl)cc2)C[C@@H]2CN(C(=O)c3ccccc3F)CCN21. The van der Waals surface area contributed by atoms with Crippen LogP contribution in [0.25, 0.3) is 0 Å². The van der Waals surface area contributed by atoms with Gasteiger partial charge in [0, 0.05) is 54.9 Å². The predicted molar refractivity (Wildman–Crippen MR) is 114 cm³/mol. The number of piperazine rings is 2.